The van der Waals surface area contributed by atoms with Gasteiger partial charge in [-0.1, -0.05) is 24.5 Å². The summed E-state index contributed by atoms with van der Waals surface area (Å²) < 4.78 is 33.5. The van der Waals surface area contributed by atoms with Crippen molar-refractivity contribution in [2.75, 3.05) is 25.2 Å². The summed E-state index contributed by atoms with van der Waals surface area (Å²) in [5, 5.41) is 11.9. The number of carbonyl (C=O) groups excluding carboxylic acids is 1. The highest BCUT2D eigenvalue weighted by atomic mass is 19.1. The molecule has 1 N–H and O–H groups in total. The van der Waals surface area contributed by atoms with Crippen molar-refractivity contribution in [1.82, 2.24) is 0 Å². The summed E-state index contributed by atoms with van der Waals surface area (Å²) in [6.07, 6.45) is 7.44. The van der Waals surface area contributed by atoms with Crippen LogP contribution in [-0.4, -0.2) is 48.5 Å². The van der Waals surface area contributed by atoms with Gasteiger partial charge in [-0.05, 0) is 113 Å². The number of ether oxygens (including phenoxy) is 3. The van der Waals surface area contributed by atoms with Crippen molar-refractivity contribution < 1.29 is 28.5 Å². The first-order valence-electron chi connectivity index (χ1n) is 15.5. The van der Waals surface area contributed by atoms with Crippen LogP contribution in [0.1, 0.15) is 91.0 Å². The third kappa shape index (κ3) is 4.71. The molecule has 1 aliphatic heterocycles. The summed E-state index contributed by atoms with van der Waals surface area (Å²) >= 11 is 0. The number of benzene rings is 1. The van der Waals surface area contributed by atoms with Crippen molar-refractivity contribution in [3.63, 3.8) is 0 Å². The van der Waals surface area contributed by atoms with Crippen molar-refractivity contribution in [2.45, 2.75) is 102 Å². The molecule has 1 aromatic carbocycles. The predicted molar refractivity (Wildman–Crippen MR) is 159 cm³/mol. The van der Waals surface area contributed by atoms with E-state index in [9.17, 15) is 9.90 Å². The molecule has 4 aliphatic carbocycles. The number of nitrogens with zero attached hydrogens (tertiary/aromatic N) is 1. The molecule has 2 saturated carbocycles. The highest BCUT2D eigenvalue weighted by Crippen LogP contribution is 2.67. The fraction of sp³-hybridized carbons (Fsp3) is 0.629. The minimum atomic E-state index is -1.07. The number of rotatable bonds is 2. The Hall–Kier alpha value is -2.66. The molecule has 1 amide bonds. The molecule has 5 atom stereocenters. The van der Waals surface area contributed by atoms with Gasteiger partial charge in [0.05, 0.1) is 18.9 Å². The normalized spacial score (nSPS) is 33.2. The van der Waals surface area contributed by atoms with Gasteiger partial charge in [0.2, 0.25) is 0 Å². The zero-order valence-electron chi connectivity index (χ0n) is 25.8. The molecule has 42 heavy (non-hydrogen) atoms. The van der Waals surface area contributed by atoms with Crippen LogP contribution in [0.2, 0.25) is 0 Å². The highest BCUT2D eigenvalue weighted by molar-refractivity contribution is 5.87. The minimum absolute atomic E-state index is 0.0759. The number of fused-ring (bicyclic) bond motifs is 4. The lowest BCUT2D eigenvalue weighted by Crippen LogP contribution is -2.51. The van der Waals surface area contributed by atoms with Gasteiger partial charge in [0.15, 0.2) is 5.79 Å². The Morgan fingerprint density at radius 3 is 2.57 bits per heavy atom. The maximum absolute atomic E-state index is 15.9. The van der Waals surface area contributed by atoms with Crippen LogP contribution < -0.4 is 4.90 Å². The Labute approximate surface area is 249 Å². The smallest absolute Gasteiger partial charge is 0.414 e. The third-order valence-corrected chi connectivity index (χ3v) is 10.6. The van der Waals surface area contributed by atoms with Crippen LogP contribution in [0.5, 0.6) is 0 Å². The van der Waals surface area contributed by atoms with E-state index in [4.69, 9.17) is 14.2 Å². The highest BCUT2D eigenvalue weighted by Gasteiger charge is 2.62. The molecular formula is C35H44FNO5. The van der Waals surface area contributed by atoms with E-state index in [0.29, 0.717) is 37.9 Å². The standard InChI is InChI=1S/C35H44FNO5/c1-7-14-34(39)15-13-27-25-10-8-23-20-35(40-17-18-41-35)16-12-24(23)30(25)26(21-33(27,34)5)22-9-11-29(28(36)19-22)37(6)31(38)42-32(2,3)4/h9,11,19-20,25-27,39H,8,10,12-13,15-18,21H2,1-6H3/t25?,26-,27?,33+,34+/m1/s1. The summed E-state index contributed by atoms with van der Waals surface area (Å²) in [5.41, 5.74) is 2.93. The number of anilines is 1. The zero-order chi connectivity index (χ0) is 30.1. The lowest BCUT2D eigenvalue weighted by atomic mass is 9.51. The third-order valence-electron chi connectivity index (χ3n) is 10.6. The zero-order valence-corrected chi connectivity index (χ0v) is 25.8. The Morgan fingerprint density at radius 1 is 1.17 bits per heavy atom. The maximum Gasteiger partial charge on any atom is 0.414 e. The lowest BCUT2D eigenvalue weighted by molar-refractivity contribution is -0.123. The quantitative estimate of drug-likeness (QED) is 0.383. The molecule has 6 rings (SSSR count). The van der Waals surface area contributed by atoms with E-state index < -0.39 is 34.3 Å². The molecule has 1 saturated heterocycles. The SMILES string of the molecule is CC#C[C@]1(O)CCC2C3CCC4=CC5(CCC4=C3[C@@H](c3ccc(N(C)C(=O)OC(C)(C)C)c(F)c3)C[C@@]21C)OCCO5. The number of allylic oxidation sites excluding steroid dienone is 3. The summed E-state index contributed by atoms with van der Waals surface area (Å²) in [7, 11) is 1.53. The Morgan fingerprint density at radius 2 is 1.90 bits per heavy atom. The number of halogens is 1. The van der Waals surface area contributed by atoms with Gasteiger partial charge in [-0.25, -0.2) is 9.18 Å². The molecule has 7 heteroatoms. The van der Waals surface area contributed by atoms with Crippen LogP contribution >= 0.6 is 0 Å². The second-order valence-electron chi connectivity index (χ2n) is 14.1. The van der Waals surface area contributed by atoms with Gasteiger partial charge in [0, 0.05) is 24.8 Å². The molecule has 3 fully saturated rings. The van der Waals surface area contributed by atoms with Gasteiger partial charge >= 0.3 is 6.09 Å². The van der Waals surface area contributed by atoms with E-state index in [0.717, 1.165) is 37.7 Å². The summed E-state index contributed by atoms with van der Waals surface area (Å²) in [4.78, 5) is 13.9. The maximum atomic E-state index is 15.9. The molecule has 6 nitrogen and oxygen atoms in total. The van der Waals surface area contributed by atoms with E-state index in [1.165, 1.54) is 28.7 Å². The van der Waals surface area contributed by atoms with Crippen molar-refractivity contribution in [3.05, 3.63) is 52.4 Å². The van der Waals surface area contributed by atoms with Crippen molar-refractivity contribution in [2.24, 2.45) is 17.3 Å². The molecular weight excluding hydrogens is 533 g/mol. The molecule has 0 bridgehead atoms. The lowest BCUT2D eigenvalue weighted by Gasteiger charge is -2.54. The number of aliphatic hydroxyl groups is 1. The Kier molecular flexibility index (Phi) is 7.15. The van der Waals surface area contributed by atoms with Gasteiger partial charge in [-0.3, -0.25) is 4.90 Å². The first-order valence-corrected chi connectivity index (χ1v) is 15.5. The van der Waals surface area contributed by atoms with Crippen molar-refractivity contribution in [1.29, 1.82) is 0 Å². The van der Waals surface area contributed by atoms with Crippen LogP contribution in [0, 0.1) is 34.9 Å². The van der Waals surface area contributed by atoms with Crippen LogP contribution in [-0.2, 0) is 14.2 Å². The summed E-state index contributed by atoms with van der Waals surface area (Å²) in [6, 6.07) is 5.22. The van der Waals surface area contributed by atoms with E-state index in [1.807, 2.05) is 6.07 Å². The van der Waals surface area contributed by atoms with Gasteiger partial charge in [-0.2, -0.15) is 0 Å². The molecule has 226 valence electrons. The average Bonchev–Trinajstić information content (AvgIpc) is 3.48. The fourth-order valence-electron chi connectivity index (χ4n) is 8.64. The fourth-order valence-corrected chi connectivity index (χ4v) is 8.64. The molecule has 0 radical (unpaired) electrons. The van der Waals surface area contributed by atoms with Crippen LogP contribution in [0.15, 0.2) is 41.0 Å². The first-order chi connectivity index (χ1) is 19.8. The number of hydrogen-bond donors (Lipinski definition) is 1. The second kappa shape index (κ2) is 10.2. The van der Waals surface area contributed by atoms with Crippen molar-refractivity contribution in [3.8, 4) is 11.8 Å². The predicted octanol–water partition coefficient (Wildman–Crippen LogP) is 7.02. The molecule has 5 aliphatic rings. The van der Waals surface area contributed by atoms with Gasteiger partial charge in [-0.15, -0.1) is 5.92 Å². The van der Waals surface area contributed by atoms with Crippen LogP contribution in [0.3, 0.4) is 0 Å². The monoisotopic (exact) mass is 577 g/mol. The molecule has 1 spiro atoms. The van der Waals surface area contributed by atoms with E-state index >= 15 is 4.39 Å². The molecule has 1 heterocycles. The van der Waals surface area contributed by atoms with Crippen molar-refractivity contribution >= 4 is 11.8 Å². The minimum Gasteiger partial charge on any atom is -0.443 e. The molecule has 1 aromatic rings. The van der Waals surface area contributed by atoms with Crippen LogP contribution in [0.25, 0.3) is 0 Å². The van der Waals surface area contributed by atoms with E-state index in [2.05, 4.69) is 24.8 Å². The topological polar surface area (TPSA) is 68.2 Å². The number of hydrogen-bond acceptors (Lipinski definition) is 5. The van der Waals surface area contributed by atoms with Crippen LogP contribution in [0.4, 0.5) is 14.9 Å². The largest absolute Gasteiger partial charge is 0.443 e. The summed E-state index contributed by atoms with van der Waals surface area (Å²) in [6.45, 7) is 10.6. The van der Waals surface area contributed by atoms with Gasteiger partial charge in [0.1, 0.15) is 17.0 Å². The van der Waals surface area contributed by atoms with Gasteiger partial charge in [0.25, 0.3) is 0 Å². The van der Waals surface area contributed by atoms with E-state index in [1.54, 1.807) is 39.8 Å². The second-order valence-corrected chi connectivity index (χ2v) is 14.1. The molecule has 0 aromatic heterocycles. The Bertz CT molecular complexity index is 1410. The Balaban J connectivity index is 1.43. The van der Waals surface area contributed by atoms with Gasteiger partial charge < -0.3 is 19.3 Å². The van der Waals surface area contributed by atoms with E-state index in [-0.39, 0.29) is 11.6 Å². The number of amides is 1. The first kappa shape index (κ1) is 29.4. The molecule has 2 unspecified atom stereocenters. The average molecular weight is 578 g/mol. The number of carbonyl (C=O) groups is 1. The summed E-state index contributed by atoms with van der Waals surface area (Å²) in [5.74, 6) is 5.64.